The molecule has 0 fully saturated rings. The van der Waals surface area contributed by atoms with Gasteiger partial charge in [0.1, 0.15) is 0 Å². The number of nitrogens with zero attached hydrogens (tertiary/aromatic N) is 1. The van der Waals surface area contributed by atoms with Crippen molar-refractivity contribution < 1.29 is 0 Å². The van der Waals surface area contributed by atoms with Gasteiger partial charge in [-0.3, -0.25) is 0 Å². The van der Waals surface area contributed by atoms with Crippen molar-refractivity contribution in [2.45, 2.75) is 12.5 Å². The lowest BCUT2D eigenvalue weighted by molar-refractivity contribution is 0.299. The maximum Gasteiger partial charge on any atom is 0.0704 e. The summed E-state index contributed by atoms with van der Waals surface area (Å²) in [5.74, 6) is 0.521. The predicted octanol–water partition coefficient (Wildman–Crippen LogP) is 4.09. The van der Waals surface area contributed by atoms with Crippen molar-refractivity contribution >= 4 is 27.3 Å². The van der Waals surface area contributed by atoms with Gasteiger partial charge in [0.25, 0.3) is 0 Å². The number of rotatable bonds is 1. The van der Waals surface area contributed by atoms with E-state index in [-0.39, 0.29) is 0 Å². The van der Waals surface area contributed by atoms with Gasteiger partial charge in [0.15, 0.2) is 0 Å². The Bertz CT molecular complexity index is 520. The second-order valence-electron chi connectivity index (χ2n) is 4.59. The summed E-state index contributed by atoms with van der Waals surface area (Å²) in [7, 11) is 2.20. The quantitative estimate of drug-likeness (QED) is 0.767. The van der Waals surface area contributed by atoms with Crippen LogP contribution >= 0.6 is 27.3 Å². The summed E-state index contributed by atoms with van der Waals surface area (Å²) in [5.41, 5.74) is 2.93. The van der Waals surface area contributed by atoms with Crippen molar-refractivity contribution in [3.8, 4) is 0 Å². The molecule has 1 aromatic carbocycles. The molecule has 0 amide bonds. The Morgan fingerprint density at radius 2 is 2.06 bits per heavy atom. The van der Waals surface area contributed by atoms with E-state index in [4.69, 9.17) is 0 Å². The Morgan fingerprint density at radius 3 is 2.82 bits per heavy atom. The Morgan fingerprint density at radius 1 is 1.29 bits per heavy atom. The monoisotopic (exact) mass is 307 g/mol. The lowest BCUT2D eigenvalue weighted by Gasteiger charge is -2.30. The summed E-state index contributed by atoms with van der Waals surface area (Å²) < 4.78 is 1.25. The number of hydrogen-bond acceptors (Lipinski definition) is 2. The van der Waals surface area contributed by atoms with Crippen LogP contribution in [0.1, 0.15) is 21.9 Å². The Labute approximate surface area is 114 Å². The van der Waals surface area contributed by atoms with Gasteiger partial charge in [-0.15, -0.1) is 11.3 Å². The predicted molar refractivity (Wildman–Crippen MR) is 76.6 cm³/mol. The summed E-state index contributed by atoms with van der Waals surface area (Å²) >= 11 is 5.48. The maximum absolute atomic E-state index is 3.61. The third-order valence-electron chi connectivity index (χ3n) is 3.30. The molecule has 1 aliphatic heterocycles. The maximum atomic E-state index is 3.61. The number of fused-ring (bicyclic) bond motifs is 1. The van der Waals surface area contributed by atoms with Crippen LogP contribution in [0.4, 0.5) is 0 Å². The molecular formula is C14H14BrNS. The summed E-state index contributed by atoms with van der Waals surface area (Å²) in [6, 6.07) is 13.1. The lowest BCUT2D eigenvalue weighted by atomic mass is 9.89. The van der Waals surface area contributed by atoms with Crippen LogP contribution in [-0.2, 0) is 6.54 Å². The molecule has 88 valence electrons. The highest BCUT2D eigenvalue weighted by molar-refractivity contribution is 9.11. The zero-order valence-corrected chi connectivity index (χ0v) is 12.1. The largest absolute Gasteiger partial charge is 0.300 e. The average Bonchev–Trinajstić information content (AvgIpc) is 2.69. The average molecular weight is 308 g/mol. The second kappa shape index (κ2) is 4.56. The van der Waals surface area contributed by atoms with Crippen LogP contribution in [0.25, 0.3) is 0 Å². The van der Waals surface area contributed by atoms with Crippen LogP contribution in [-0.4, -0.2) is 18.5 Å². The Hall–Kier alpha value is -0.640. The van der Waals surface area contributed by atoms with Crippen molar-refractivity contribution in [1.82, 2.24) is 4.90 Å². The first kappa shape index (κ1) is 11.5. The molecular weight excluding hydrogens is 294 g/mol. The van der Waals surface area contributed by atoms with Gasteiger partial charge < -0.3 is 4.90 Å². The number of benzene rings is 1. The van der Waals surface area contributed by atoms with Gasteiger partial charge in [-0.1, -0.05) is 30.3 Å². The molecule has 0 N–H and O–H groups in total. The van der Waals surface area contributed by atoms with E-state index >= 15 is 0 Å². The zero-order valence-electron chi connectivity index (χ0n) is 9.69. The molecule has 2 heterocycles. The van der Waals surface area contributed by atoms with Crippen molar-refractivity contribution in [2.75, 3.05) is 13.6 Å². The minimum absolute atomic E-state index is 0.521. The molecule has 0 radical (unpaired) electrons. The Balaban J connectivity index is 2.06. The van der Waals surface area contributed by atoms with E-state index in [0.717, 1.165) is 13.1 Å². The van der Waals surface area contributed by atoms with Gasteiger partial charge in [0.05, 0.1) is 3.79 Å². The van der Waals surface area contributed by atoms with Gasteiger partial charge >= 0.3 is 0 Å². The number of halogens is 1. The molecule has 17 heavy (non-hydrogen) atoms. The van der Waals surface area contributed by atoms with Gasteiger partial charge in [0, 0.05) is 23.9 Å². The standard InChI is InChI=1S/C14H14BrNS/c1-16-8-12(10-5-3-2-4-6-10)11-7-14(15)17-13(11)9-16/h2-7,12H,8-9H2,1H3/t12-/m0/s1. The number of thiophene rings is 1. The molecule has 3 rings (SSSR count). The van der Waals surface area contributed by atoms with Crippen molar-refractivity contribution in [1.29, 1.82) is 0 Å². The van der Waals surface area contributed by atoms with E-state index in [1.807, 2.05) is 11.3 Å². The first-order valence-electron chi connectivity index (χ1n) is 5.75. The molecule has 1 atom stereocenters. The molecule has 0 spiro atoms. The van der Waals surface area contributed by atoms with E-state index in [1.54, 1.807) is 0 Å². The van der Waals surface area contributed by atoms with E-state index < -0.39 is 0 Å². The smallest absolute Gasteiger partial charge is 0.0704 e. The molecule has 2 aromatic rings. The fraction of sp³-hybridized carbons (Fsp3) is 0.286. The first-order valence-corrected chi connectivity index (χ1v) is 7.36. The molecule has 0 bridgehead atoms. The van der Waals surface area contributed by atoms with Crippen LogP contribution in [0.3, 0.4) is 0 Å². The third-order valence-corrected chi connectivity index (χ3v) is 4.94. The van der Waals surface area contributed by atoms with Gasteiger partial charge in [0.2, 0.25) is 0 Å². The van der Waals surface area contributed by atoms with Gasteiger partial charge in [-0.25, -0.2) is 0 Å². The number of hydrogen-bond donors (Lipinski definition) is 0. The zero-order chi connectivity index (χ0) is 11.8. The fourth-order valence-corrected chi connectivity index (χ4v) is 4.38. The molecule has 0 unspecified atom stereocenters. The summed E-state index contributed by atoms with van der Waals surface area (Å²) in [5, 5.41) is 0. The third kappa shape index (κ3) is 2.19. The fourth-order valence-electron chi connectivity index (χ4n) is 2.52. The van der Waals surface area contributed by atoms with Crippen LogP contribution < -0.4 is 0 Å². The Kier molecular flexibility index (Phi) is 3.07. The van der Waals surface area contributed by atoms with Crippen molar-refractivity contribution in [3.63, 3.8) is 0 Å². The second-order valence-corrected chi connectivity index (χ2v) is 7.11. The minimum atomic E-state index is 0.521. The molecule has 3 heteroatoms. The van der Waals surface area contributed by atoms with Crippen LogP contribution in [0.15, 0.2) is 40.2 Å². The van der Waals surface area contributed by atoms with Gasteiger partial charge in [-0.2, -0.15) is 0 Å². The summed E-state index contributed by atoms with van der Waals surface area (Å²) in [4.78, 5) is 3.91. The van der Waals surface area contributed by atoms with E-state index in [9.17, 15) is 0 Å². The highest BCUT2D eigenvalue weighted by Gasteiger charge is 2.26. The van der Waals surface area contributed by atoms with Crippen molar-refractivity contribution in [2.24, 2.45) is 0 Å². The van der Waals surface area contributed by atoms with Crippen LogP contribution in [0.2, 0.25) is 0 Å². The normalized spacial score (nSPS) is 20.2. The number of likely N-dealkylation sites (N-methyl/N-ethyl adjacent to an activating group) is 1. The first-order chi connectivity index (χ1) is 8.24. The molecule has 0 saturated carbocycles. The van der Waals surface area contributed by atoms with Crippen molar-refractivity contribution in [3.05, 3.63) is 56.2 Å². The summed E-state index contributed by atoms with van der Waals surface area (Å²) in [6.45, 7) is 2.19. The van der Waals surface area contributed by atoms with E-state index in [1.165, 1.54) is 19.8 Å². The molecule has 1 nitrogen and oxygen atoms in total. The molecule has 0 saturated heterocycles. The molecule has 1 aromatic heterocycles. The van der Waals surface area contributed by atoms with Crippen LogP contribution in [0.5, 0.6) is 0 Å². The lowest BCUT2D eigenvalue weighted by Crippen LogP contribution is -2.29. The molecule has 0 aliphatic carbocycles. The molecule has 1 aliphatic rings. The van der Waals surface area contributed by atoms with Crippen LogP contribution in [0, 0.1) is 0 Å². The van der Waals surface area contributed by atoms with Gasteiger partial charge in [-0.05, 0) is 40.2 Å². The topological polar surface area (TPSA) is 3.24 Å². The van der Waals surface area contributed by atoms with E-state index in [0.29, 0.717) is 5.92 Å². The summed E-state index contributed by atoms with van der Waals surface area (Å²) in [6.07, 6.45) is 0. The SMILES string of the molecule is CN1Cc2sc(Br)cc2[C@H](c2ccccc2)C1. The minimum Gasteiger partial charge on any atom is -0.300 e. The highest BCUT2D eigenvalue weighted by Crippen LogP contribution is 2.39. The highest BCUT2D eigenvalue weighted by atomic mass is 79.9. The van der Waals surface area contributed by atoms with E-state index in [2.05, 4.69) is 64.3 Å².